The van der Waals surface area contributed by atoms with Crippen molar-refractivity contribution in [3.05, 3.63) is 0 Å². The van der Waals surface area contributed by atoms with Crippen molar-refractivity contribution in [1.82, 2.24) is 4.90 Å². The summed E-state index contributed by atoms with van der Waals surface area (Å²) in [6.45, 7) is 3.62. The zero-order valence-electron chi connectivity index (χ0n) is 10.0. The minimum Gasteiger partial charge on any atom is -0.372 e. The van der Waals surface area contributed by atoms with Gasteiger partial charge in [-0.2, -0.15) is 12.6 Å². The van der Waals surface area contributed by atoms with Crippen LogP contribution in [0.5, 0.6) is 0 Å². The minimum atomic E-state index is 0.528. The van der Waals surface area contributed by atoms with E-state index in [1.54, 1.807) is 0 Å². The van der Waals surface area contributed by atoms with Gasteiger partial charge in [-0.25, -0.2) is 0 Å². The van der Waals surface area contributed by atoms with E-state index in [-0.39, 0.29) is 0 Å². The van der Waals surface area contributed by atoms with Crippen LogP contribution in [0.1, 0.15) is 38.5 Å². The van der Waals surface area contributed by atoms with Crippen molar-refractivity contribution in [2.75, 3.05) is 25.4 Å². The molecule has 3 heteroatoms. The van der Waals surface area contributed by atoms with E-state index in [0.717, 1.165) is 5.75 Å². The van der Waals surface area contributed by atoms with Crippen molar-refractivity contribution in [2.24, 2.45) is 5.41 Å². The summed E-state index contributed by atoms with van der Waals surface area (Å²) >= 11 is 4.60. The number of morpholine rings is 1. The van der Waals surface area contributed by atoms with E-state index < -0.39 is 0 Å². The number of thiol groups is 1. The van der Waals surface area contributed by atoms with Crippen molar-refractivity contribution in [3.8, 4) is 0 Å². The Morgan fingerprint density at radius 3 is 2.31 bits per heavy atom. The predicted octanol–water partition coefficient (Wildman–Crippen LogP) is 2.34. The highest BCUT2D eigenvalue weighted by Crippen LogP contribution is 2.40. The van der Waals surface area contributed by atoms with E-state index in [1.165, 1.54) is 58.2 Å². The maximum atomic E-state index is 5.90. The lowest BCUT2D eigenvalue weighted by Crippen LogP contribution is -2.47. The highest BCUT2D eigenvalue weighted by atomic mass is 32.1. The van der Waals surface area contributed by atoms with Crippen molar-refractivity contribution < 1.29 is 4.74 Å². The molecule has 2 nitrogen and oxygen atoms in total. The predicted molar refractivity (Wildman–Crippen MR) is 69.1 cm³/mol. The van der Waals surface area contributed by atoms with Crippen LogP contribution in [-0.4, -0.2) is 42.5 Å². The summed E-state index contributed by atoms with van der Waals surface area (Å²) in [6.07, 6.45) is 9.26. The molecule has 2 atom stereocenters. The lowest BCUT2D eigenvalue weighted by Gasteiger charge is -2.38. The van der Waals surface area contributed by atoms with Crippen LogP contribution in [0.2, 0.25) is 0 Å². The molecule has 16 heavy (non-hydrogen) atoms. The van der Waals surface area contributed by atoms with Crippen molar-refractivity contribution in [3.63, 3.8) is 0 Å². The van der Waals surface area contributed by atoms with Crippen LogP contribution in [0.25, 0.3) is 0 Å². The molecule has 3 fully saturated rings. The second-order valence-electron chi connectivity index (χ2n) is 6.02. The third-order valence-electron chi connectivity index (χ3n) is 4.68. The first-order chi connectivity index (χ1) is 7.80. The van der Waals surface area contributed by atoms with Crippen LogP contribution in [0, 0.1) is 5.41 Å². The van der Waals surface area contributed by atoms with Gasteiger partial charge in [0, 0.05) is 19.6 Å². The highest BCUT2D eigenvalue weighted by Gasteiger charge is 2.39. The number of hydrogen-bond donors (Lipinski definition) is 1. The van der Waals surface area contributed by atoms with Crippen LogP contribution < -0.4 is 0 Å². The van der Waals surface area contributed by atoms with Gasteiger partial charge in [-0.05, 0) is 36.9 Å². The van der Waals surface area contributed by atoms with Gasteiger partial charge in [0.2, 0.25) is 0 Å². The normalized spacial score (nSPS) is 38.1. The smallest absolute Gasteiger partial charge is 0.0707 e. The Hall–Kier alpha value is 0.270. The van der Waals surface area contributed by atoms with Gasteiger partial charge in [0.15, 0.2) is 0 Å². The van der Waals surface area contributed by atoms with E-state index in [9.17, 15) is 0 Å². The van der Waals surface area contributed by atoms with Crippen molar-refractivity contribution >= 4 is 12.6 Å². The fourth-order valence-corrected chi connectivity index (χ4v) is 4.21. The molecule has 1 aliphatic carbocycles. The third kappa shape index (κ3) is 2.14. The summed E-state index contributed by atoms with van der Waals surface area (Å²) in [5.41, 5.74) is 0.528. The highest BCUT2D eigenvalue weighted by molar-refractivity contribution is 7.80. The molecule has 0 radical (unpaired) electrons. The third-order valence-corrected chi connectivity index (χ3v) is 5.35. The Kier molecular flexibility index (Phi) is 3.20. The molecule has 0 aromatic heterocycles. The number of likely N-dealkylation sites (tertiary alicyclic amines) is 1. The van der Waals surface area contributed by atoms with Crippen LogP contribution in [0.4, 0.5) is 0 Å². The number of rotatable bonds is 3. The van der Waals surface area contributed by atoms with Gasteiger partial charge >= 0.3 is 0 Å². The van der Waals surface area contributed by atoms with Crippen molar-refractivity contribution in [1.29, 1.82) is 0 Å². The fraction of sp³-hybridized carbons (Fsp3) is 1.00. The largest absolute Gasteiger partial charge is 0.372 e. The molecular formula is C13H23NOS. The number of nitrogens with zero attached hydrogens (tertiary/aromatic N) is 1. The Bertz CT molecular complexity index is 240. The van der Waals surface area contributed by atoms with Gasteiger partial charge in [-0.1, -0.05) is 12.8 Å². The average Bonchev–Trinajstić information content (AvgIpc) is 2.87. The molecule has 3 rings (SSSR count). The molecule has 3 aliphatic rings. The second kappa shape index (κ2) is 4.51. The summed E-state index contributed by atoms with van der Waals surface area (Å²) in [5, 5.41) is 0. The second-order valence-corrected chi connectivity index (χ2v) is 6.33. The van der Waals surface area contributed by atoms with E-state index in [0.29, 0.717) is 17.6 Å². The zero-order valence-corrected chi connectivity index (χ0v) is 10.9. The van der Waals surface area contributed by atoms with Gasteiger partial charge in [0.05, 0.1) is 12.2 Å². The quantitative estimate of drug-likeness (QED) is 0.762. The molecule has 0 amide bonds. The Labute approximate surface area is 104 Å². The monoisotopic (exact) mass is 241 g/mol. The van der Waals surface area contributed by atoms with Crippen LogP contribution >= 0.6 is 12.6 Å². The molecular weight excluding hydrogens is 218 g/mol. The van der Waals surface area contributed by atoms with E-state index >= 15 is 0 Å². The molecule has 0 N–H and O–H groups in total. The molecule has 0 aromatic carbocycles. The molecule has 2 aliphatic heterocycles. The lowest BCUT2D eigenvalue weighted by molar-refractivity contribution is -0.0482. The molecule has 0 spiro atoms. The van der Waals surface area contributed by atoms with Crippen LogP contribution in [-0.2, 0) is 4.74 Å². The maximum absolute atomic E-state index is 5.90. The maximum Gasteiger partial charge on any atom is 0.0707 e. The first kappa shape index (κ1) is 11.4. The van der Waals surface area contributed by atoms with Gasteiger partial charge in [-0.15, -0.1) is 0 Å². The summed E-state index contributed by atoms with van der Waals surface area (Å²) in [6, 6.07) is 0. The minimum absolute atomic E-state index is 0.528. The molecule has 92 valence electrons. The Morgan fingerprint density at radius 1 is 1.12 bits per heavy atom. The van der Waals surface area contributed by atoms with E-state index in [1.807, 2.05) is 0 Å². The van der Waals surface area contributed by atoms with Gasteiger partial charge in [-0.3, -0.25) is 4.90 Å². The molecule has 2 heterocycles. The van der Waals surface area contributed by atoms with Gasteiger partial charge in [0.25, 0.3) is 0 Å². The van der Waals surface area contributed by atoms with Gasteiger partial charge < -0.3 is 4.74 Å². The number of fused-ring (bicyclic) bond motifs is 2. The number of hydrogen-bond acceptors (Lipinski definition) is 3. The lowest BCUT2D eigenvalue weighted by atomic mass is 9.87. The molecule has 0 aromatic rings. The Morgan fingerprint density at radius 2 is 1.75 bits per heavy atom. The fourth-order valence-electron chi connectivity index (χ4n) is 3.79. The van der Waals surface area contributed by atoms with Crippen LogP contribution in [0.15, 0.2) is 0 Å². The summed E-state index contributed by atoms with van der Waals surface area (Å²) in [4.78, 5) is 2.66. The van der Waals surface area contributed by atoms with Crippen molar-refractivity contribution in [2.45, 2.75) is 50.7 Å². The average molecular weight is 241 g/mol. The SMILES string of the molecule is SCC1(CN2CC3CCC(C2)O3)CCCC1. The topological polar surface area (TPSA) is 12.5 Å². The summed E-state index contributed by atoms with van der Waals surface area (Å²) in [7, 11) is 0. The van der Waals surface area contributed by atoms with Gasteiger partial charge in [0.1, 0.15) is 0 Å². The zero-order chi connectivity index (χ0) is 11.0. The Balaban J connectivity index is 1.61. The molecule has 2 bridgehead atoms. The van der Waals surface area contributed by atoms with E-state index in [4.69, 9.17) is 4.74 Å². The molecule has 1 saturated carbocycles. The first-order valence-corrected chi connectivity index (χ1v) is 7.42. The molecule has 2 unspecified atom stereocenters. The first-order valence-electron chi connectivity index (χ1n) is 6.78. The molecule has 2 saturated heterocycles. The summed E-state index contributed by atoms with van der Waals surface area (Å²) in [5.74, 6) is 1.07. The standard InChI is InChI=1S/C13H23NOS/c16-10-13(5-1-2-6-13)9-14-7-11-3-4-12(8-14)15-11/h11-12,16H,1-10H2. The van der Waals surface area contributed by atoms with E-state index in [2.05, 4.69) is 17.5 Å². The summed E-state index contributed by atoms with van der Waals surface area (Å²) < 4.78 is 5.90. The number of ether oxygens (including phenoxy) is 1. The van der Waals surface area contributed by atoms with Crippen LogP contribution in [0.3, 0.4) is 0 Å².